The lowest BCUT2D eigenvalue weighted by molar-refractivity contribution is 0.823. The van der Waals surface area contributed by atoms with E-state index in [-0.39, 0.29) is 5.56 Å². The normalized spacial score (nSPS) is 11.1. The largest absolute Gasteiger partial charge is 0.294 e. The minimum atomic E-state index is -0.0604. The molecule has 0 aliphatic rings. The van der Waals surface area contributed by atoms with Gasteiger partial charge >= 0.3 is 0 Å². The van der Waals surface area contributed by atoms with Crippen molar-refractivity contribution in [3.63, 3.8) is 0 Å². The molecule has 0 aliphatic heterocycles. The van der Waals surface area contributed by atoms with Crippen LogP contribution in [0.4, 0.5) is 0 Å². The van der Waals surface area contributed by atoms with Crippen LogP contribution in [0.25, 0.3) is 16.8 Å². The number of hydrogen-bond donors (Lipinski definition) is 0. The molecule has 3 rings (SSSR count). The molecule has 1 aromatic carbocycles. The molecule has 4 nitrogen and oxygen atoms in total. The summed E-state index contributed by atoms with van der Waals surface area (Å²) in [6, 6.07) is 9.55. The van der Waals surface area contributed by atoms with Gasteiger partial charge in [0.2, 0.25) is 0 Å². The second-order valence-electron chi connectivity index (χ2n) is 4.03. The van der Waals surface area contributed by atoms with Crippen LogP contribution in [0.15, 0.2) is 52.0 Å². The molecular formula is C13H9Br2N3O. The predicted molar refractivity (Wildman–Crippen MR) is 81.5 cm³/mol. The molecule has 0 bridgehead atoms. The first kappa shape index (κ1) is 12.6. The minimum Gasteiger partial charge on any atom is -0.294 e. The second-order valence-corrected chi connectivity index (χ2v) is 5.45. The van der Waals surface area contributed by atoms with Crippen molar-refractivity contribution in [2.75, 3.05) is 0 Å². The number of fused-ring (bicyclic) bond motifs is 1. The summed E-state index contributed by atoms with van der Waals surface area (Å²) in [5, 5.41) is 4.14. The van der Waals surface area contributed by atoms with E-state index in [9.17, 15) is 4.79 Å². The van der Waals surface area contributed by atoms with Crippen LogP contribution in [0.5, 0.6) is 0 Å². The Bertz CT molecular complexity index is 790. The van der Waals surface area contributed by atoms with Crippen molar-refractivity contribution in [3.05, 3.63) is 57.6 Å². The van der Waals surface area contributed by atoms with Gasteiger partial charge in [0.25, 0.3) is 5.56 Å². The third-order valence-electron chi connectivity index (χ3n) is 2.93. The van der Waals surface area contributed by atoms with Gasteiger partial charge in [-0.3, -0.25) is 9.36 Å². The van der Waals surface area contributed by atoms with E-state index in [0.29, 0.717) is 11.0 Å². The van der Waals surface area contributed by atoms with Gasteiger partial charge in [0.15, 0.2) is 0 Å². The van der Waals surface area contributed by atoms with E-state index < -0.39 is 0 Å². The molecule has 0 fully saturated rings. The fourth-order valence-corrected chi connectivity index (χ4v) is 2.75. The molecule has 2 aromatic heterocycles. The third kappa shape index (κ3) is 2.15. The van der Waals surface area contributed by atoms with Crippen molar-refractivity contribution in [2.24, 2.45) is 0 Å². The lowest BCUT2D eigenvalue weighted by atomic mass is 10.1. The quantitative estimate of drug-likeness (QED) is 0.638. The summed E-state index contributed by atoms with van der Waals surface area (Å²) in [5.74, 6) is 0. The Labute approximate surface area is 125 Å². The summed E-state index contributed by atoms with van der Waals surface area (Å²) in [6.45, 7) is 0. The summed E-state index contributed by atoms with van der Waals surface area (Å²) in [5.41, 5.74) is 2.75. The van der Waals surface area contributed by atoms with Crippen LogP contribution < -0.4 is 5.56 Å². The molecule has 0 saturated carbocycles. The molecule has 96 valence electrons. The van der Waals surface area contributed by atoms with Gasteiger partial charge in [-0.1, -0.05) is 44.0 Å². The van der Waals surface area contributed by atoms with Crippen LogP contribution >= 0.6 is 31.9 Å². The van der Waals surface area contributed by atoms with E-state index in [2.05, 4.69) is 37.0 Å². The smallest absolute Gasteiger partial charge is 0.277 e. The van der Waals surface area contributed by atoms with Gasteiger partial charge < -0.3 is 0 Å². The van der Waals surface area contributed by atoms with Crippen LogP contribution in [0, 0.1) is 0 Å². The molecule has 0 saturated heterocycles. The summed E-state index contributed by atoms with van der Waals surface area (Å²) in [4.78, 5) is 12.3. The molecule has 0 atom stereocenters. The number of aromatic nitrogens is 3. The van der Waals surface area contributed by atoms with E-state index >= 15 is 0 Å². The Hall–Kier alpha value is -1.40. The highest BCUT2D eigenvalue weighted by Gasteiger charge is 2.10. The zero-order valence-electron chi connectivity index (χ0n) is 9.75. The molecule has 0 N–H and O–H groups in total. The average Bonchev–Trinajstić information content (AvgIpc) is 2.88. The maximum absolute atomic E-state index is 12.3. The number of rotatable bonds is 2. The van der Waals surface area contributed by atoms with Gasteiger partial charge in [-0.2, -0.15) is 5.10 Å². The third-order valence-corrected chi connectivity index (χ3v) is 3.96. The van der Waals surface area contributed by atoms with Crippen LogP contribution in [0.1, 0.15) is 0 Å². The minimum absolute atomic E-state index is 0.0604. The summed E-state index contributed by atoms with van der Waals surface area (Å²) >= 11 is 6.78. The standard InChI is InChI=1S/C13H9Br2N3O/c14-8-17-12(9-1-3-10(15)4-2-9)7-18-11(13(17)19)5-6-16-18/h1-7H,8H2. The van der Waals surface area contributed by atoms with E-state index in [1.54, 1.807) is 21.3 Å². The van der Waals surface area contributed by atoms with Gasteiger partial charge in [-0.25, -0.2) is 4.52 Å². The van der Waals surface area contributed by atoms with Crippen molar-refractivity contribution in [3.8, 4) is 11.3 Å². The van der Waals surface area contributed by atoms with Crippen LogP contribution in [-0.4, -0.2) is 14.2 Å². The van der Waals surface area contributed by atoms with Gasteiger partial charge in [-0.15, -0.1) is 0 Å². The molecular weight excluding hydrogens is 374 g/mol. The van der Waals surface area contributed by atoms with E-state index in [1.807, 2.05) is 30.5 Å². The first-order valence-electron chi connectivity index (χ1n) is 5.60. The monoisotopic (exact) mass is 381 g/mol. The molecule has 0 unspecified atom stereocenters. The maximum Gasteiger partial charge on any atom is 0.277 e. The van der Waals surface area contributed by atoms with Crippen molar-refractivity contribution in [2.45, 2.75) is 5.45 Å². The second kappa shape index (κ2) is 4.94. The Morgan fingerprint density at radius 2 is 1.89 bits per heavy atom. The van der Waals surface area contributed by atoms with E-state index in [0.717, 1.165) is 15.7 Å². The highest BCUT2D eigenvalue weighted by molar-refractivity contribution is 9.10. The highest BCUT2D eigenvalue weighted by atomic mass is 79.9. The zero-order valence-corrected chi connectivity index (χ0v) is 12.9. The molecule has 0 aliphatic carbocycles. The SMILES string of the molecule is O=c1c2ccnn2cc(-c2ccc(Br)cc2)n1CBr. The highest BCUT2D eigenvalue weighted by Crippen LogP contribution is 2.21. The number of nitrogens with zero attached hydrogens (tertiary/aromatic N) is 3. The average molecular weight is 383 g/mol. The molecule has 6 heteroatoms. The van der Waals surface area contributed by atoms with Crippen molar-refractivity contribution in [1.82, 2.24) is 14.2 Å². The van der Waals surface area contributed by atoms with Crippen molar-refractivity contribution in [1.29, 1.82) is 0 Å². The lowest BCUT2D eigenvalue weighted by Crippen LogP contribution is -2.22. The summed E-state index contributed by atoms with van der Waals surface area (Å²) < 4.78 is 4.29. The van der Waals surface area contributed by atoms with Crippen molar-refractivity contribution >= 4 is 37.4 Å². The van der Waals surface area contributed by atoms with Crippen LogP contribution in [0.2, 0.25) is 0 Å². The topological polar surface area (TPSA) is 39.3 Å². The van der Waals surface area contributed by atoms with Gasteiger partial charge in [0.1, 0.15) is 5.52 Å². The van der Waals surface area contributed by atoms with Crippen LogP contribution in [0.3, 0.4) is 0 Å². The number of benzene rings is 1. The van der Waals surface area contributed by atoms with Gasteiger partial charge in [-0.05, 0) is 23.8 Å². The molecule has 0 amide bonds. The molecule has 0 radical (unpaired) electrons. The molecule has 3 aromatic rings. The summed E-state index contributed by atoms with van der Waals surface area (Å²) in [7, 11) is 0. The fourth-order valence-electron chi connectivity index (χ4n) is 1.99. The maximum atomic E-state index is 12.3. The molecule has 2 heterocycles. The van der Waals surface area contributed by atoms with Crippen LogP contribution in [-0.2, 0) is 5.45 Å². The fraction of sp³-hybridized carbons (Fsp3) is 0.0769. The number of hydrogen-bond acceptors (Lipinski definition) is 2. The Balaban J connectivity index is 2.33. The number of halogens is 2. The lowest BCUT2D eigenvalue weighted by Gasteiger charge is -2.11. The first-order valence-corrected chi connectivity index (χ1v) is 7.51. The molecule has 0 spiro atoms. The van der Waals surface area contributed by atoms with Crippen molar-refractivity contribution < 1.29 is 0 Å². The predicted octanol–water partition coefficient (Wildman–Crippen LogP) is 3.28. The van der Waals surface area contributed by atoms with Gasteiger partial charge in [0.05, 0.1) is 23.5 Å². The van der Waals surface area contributed by atoms with Gasteiger partial charge in [0, 0.05) is 4.47 Å². The van der Waals surface area contributed by atoms with E-state index in [1.165, 1.54) is 0 Å². The van der Waals surface area contributed by atoms with E-state index in [4.69, 9.17) is 0 Å². The Morgan fingerprint density at radius 1 is 1.16 bits per heavy atom. The Kier molecular flexibility index (Phi) is 3.28. The zero-order chi connectivity index (χ0) is 13.4. The summed E-state index contributed by atoms with van der Waals surface area (Å²) in [6.07, 6.45) is 3.49. The Morgan fingerprint density at radius 3 is 2.58 bits per heavy atom. The first-order chi connectivity index (χ1) is 9.20. The number of alkyl halides is 1. The molecule has 19 heavy (non-hydrogen) atoms.